The minimum absolute atomic E-state index is 0.0276. The van der Waals surface area contributed by atoms with E-state index in [-0.39, 0.29) is 10.8 Å². The Hall–Kier alpha value is -1.87. The predicted octanol–water partition coefficient (Wildman–Crippen LogP) is 1.70. The van der Waals surface area contributed by atoms with E-state index in [2.05, 4.69) is 10.6 Å². The highest BCUT2D eigenvalue weighted by Crippen LogP contribution is 2.15. The molecule has 20 heavy (non-hydrogen) atoms. The van der Waals surface area contributed by atoms with Gasteiger partial charge in [0.05, 0.1) is 4.92 Å². The maximum atomic E-state index is 11.0. The van der Waals surface area contributed by atoms with Gasteiger partial charge < -0.3 is 15.7 Å². The van der Waals surface area contributed by atoms with Crippen LogP contribution in [0.25, 0.3) is 0 Å². The fourth-order valence-electron chi connectivity index (χ4n) is 1.33. The molecule has 1 unspecified atom stereocenters. The molecule has 0 aliphatic carbocycles. The van der Waals surface area contributed by atoms with Gasteiger partial charge >= 0.3 is 5.97 Å². The van der Waals surface area contributed by atoms with Crippen LogP contribution in [0.4, 0.5) is 11.4 Å². The average Bonchev–Trinajstić information content (AvgIpc) is 2.38. The molecule has 1 aromatic rings. The van der Waals surface area contributed by atoms with Gasteiger partial charge in [0.2, 0.25) is 0 Å². The molecule has 3 N–H and O–H groups in total. The molecule has 1 aromatic carbocycles. The first-order valence-electron chi connectivity index (χ1n) is 5.47. The Balaban J connectivity index is 2.61. The lowest BCUT2D eigenvalue weighted by atomic mass is 10.3. The van der Waals surface area contributed by atoms with Crippen LogP contribution in [-0.2, 0) is 4.79 Å². The molecule has 0 aromatic heterocycles. The molecule has 0 aliphatic heterocycles. The Kier molecular flexibility index (Phi) is 6.19. The van der Waals surface area contributed by atoms with Crippen LogP contribution in [0.5, 0.6) is 0 Å². The van der Waals surface area contributed by atoms with Crippen molar-refractivity contribution in [2.24, 2.45) is 0 Å². The Morgan fingerprint density at radius 1 is 1.50 bits per heavy atom. The summed E-state index contributed by atoms with van der Waals surface area (Å²) in [6, 6.07) is 4.87. The second-order valence-corrected chi connectivity index (χ2v) is 5.07. The fourth-order valence-corrected chi connectivity index (χ4v) is 2.15. The lowest BCUT2D eigenvalue weighted by Gasteiger charge is -2.16. The number of aliphatic carboxylic acids is 1. The Labute approximate surface area is 124 Å². The number of thiocarbonyl (C=S) groups is 1. The van der Waals surface area contributed by atoms with Crippen molar-refractivity contribution in [2.45, 2.75) is 6.04 Å². The van der Waals surface area contributed by atoms with Crippen LogP contribution in [0.15, 0.2) is 24.3 Å². The SMILES string of the molecule is CSCC(NC(=S)Nc1ccc([N+](=O)[O-])cc1)C(=O)O. The molecule has 7 nitrogen and oxygen atoms in total. The third-order valence-corrected chi connectivity index (χ3v) is 3.16. The van der Waals surface area contributed by atoms with Gasteiger partial charge in [0.15, 0.2) is 5.11 Å². The van der Waals surface area contributed by atoms with Crippen LogP contribution in [0.2, 0.25) is 0 Å². The number of nitro benzene ring substituents is 1. The number of carbonyl (C=O) groups is 1. The van der Waals surface area contributed by atoms with Crippen LogP contribution in [0.1, 0.15) is 0 Å². The molecule has 108 valence electrons. The fraction of sp³-hybridized carbons (Fsp3) is 0.273. The first-order valence-corrected chi connectivity index (χ1v) is 7.28. The number of benzene rings is 1. The zero-order valence-corrected chi connectivity index (χ0v) is 12.2. The maximum absolute atomic E-state index is 11.0. The van der Waals surface area contributed by atoms with Gasteiger partial charge in [-0.1, -0.05) is 0 Å². The molecular formula is C11H13N3O4S2. The lowest BCUT2D eigenvalue weighted by Crippen LogP contribution is -2.44. The highest BCUT2D eigenvalue weighted by Gasteiger charge is 2.17. The van der Waals surface area contributed by atoms with Gasteiger partial charge in [0.25, 0.3) is 5.69 Å². The molecule has 0 heterocycles. The minimum Gasteiger partial charge on any atom is -0.480 e. The Bertz CT molecular complexity index is 507. The molecule has 1 rings (SSSR count). The number of rotatable bonds is 6. The van der Waals surface area contributed by atoms with E-state index < -0.39 is 16.9 Å². The molecule has 0 spiro atoms. The van der Waals surface area contributed by atoms with Crippen LogP contribution < -0.4 is 10.6 Å². The lowest BCUT2D eigenvalue weighted by molar-refractivity contribution is -0.384. The quantitative estimate of drug-likeness (QED) is 0.414. The van der Waals surface area contributed by atoms with Crippen molar-refractivity contribution < 1.29 is 14.8 Å². The van der Waals surface area contributed by atoms with Crippen molar-refractivity contribution >= 4 is 46.4 Å². The van der Waals surface area contributed by atoms with Crippen molar-refractivity contribution in [2.75, 3.05) is 17.3 Å². The van der Waals surface area contributed by atoms with Gasteiger partial charge in [0.1, 0.15) is 6.04 Å². The number of non-ortho nitro benzene ring substituents is 1. The molecule has 0 aliphatic rings. The second-order valence-electron chi connectivity index (χ2n) is 3.75. The maximum Gasteiger partial charge on any atom is 0.327 e. The monoisotopic (exact) mass is 315 g/mol. The van der Waals surface area contributed by atoms with Crippen molar-refractivity contribution in [3.63, 3.8) is 0 Å². The summed E-state index contributed by atoms with van der Waals surface area (Å²) in [6.45, 7) is 0. The molecule has 0 amide bonds. The first kappa shape index (κ1) is 16.2. The summed E-state index contributed by atoms with van der Waals surface area (Å²) < 4.78 is 0. The summed E-state index contributed by atoms with van der Waals surface area (Å²) in [6.07, 6.45) is 1.80. The van der Waals surface area contributed by atoms with Crippen molar-refractivity contribution in [1.29, 1.82) is 0 Å². The highest BCUT2D eigenvalue weighted by atomic mass is 32.2. The van der Waals surface area contributed by atoms with E-state index in [1.165, 1.54) is 36.0 Å². The van der Waals surface area contributed by atoms with E-state index in [0.717, 1.165) is 0 Å². The average molecular weight is 315 g/mol. The largest absolute Gasteiger partial charge is 0.480 e. The standard InChI is InChI=1S/C11H13N3O4S2/c1-20-6-9(10(15)16)13-11(19)12-7-2-4-8(5-3-7)14(17)18/h2-5,9H,6H2,1H3,(H,15,16)(H2,12,13,19). The number of nitro groups is 1. The molecule has 1 atom stereocenters. The number of carboxylic acid groups (broad SMARTS) is 1. The number of hydrogen-bond acceptors (Lipinski definition) is 5. The molecule has 0 saturated heterocycles. The zero-order chi connectivity index (χ0) is 15.1. The van der Waals surface area contributed by atoms with Crippen LogP contribution in [0.3, 0.4) is 0 Å². The summed E-state index contributed by atoms with van der Waals surface area (Å²) in [5, 5.41) is 25.1. The van der Waals surface area contributed by atoms with Gasteiger partial charge in [-0.15, -0.1) is 0 Å². The summed E-state index contributed by atoms with van der Waals surface area (Å²) in [4.78, 5) is 21.0. The first-order chi connectivity index (χ1) is 9.43. The van der Waals surface area contributed by atoms with E-state index in [4.69, 9.17) is 17.3 Å². The van der Waals surface area contributed by atoms with Gasteiger partial charge in [-0.3, -0.25) is 10.1 Å². The molecule has 0 saturated carbocycles. The number of nitrogens with one attached hydrogen (secondary N) is 2. The van der Waals surface area contributed by atoms with Crippen molar-refractivity contribution in [3.05, 3.63) is 34.4 Å². The Morgan fingerprint density at radius 2 is 2.10 bits per heavy atom. The molecule has 0 fully saturated rings. The van der Waals surface area contributed by atoms with Crippen LogP contribution in [-0.4, -0.2) is 39.2 Å². The van der Waals surface area contributed by atoms with E-state index in [1.54, 1.807) is 6.26 Å². The third-order valence-electron chi connectivity index (χ3n) is 2.27. The molecule has 0 radical (unpaired) electrons. The number of nitrogens with zero attached hydrogens (tertiary/aromatic N) is 1. The summed E-state index contributed by atoms with van der Waals surface area (Å²) >= 11 is 6.39. The summed E-state index contributed by atoms with van der Waals surface area (Å²) in [7, 11) is 0. The van der Waals surface area contributed by atoms with Gasteiger partial charge in [-0.25, -0.2) is 4.79 Å². The van der Waals surface area contributed by atoms with Gasteiger partial charge in [-0.2, -0.15) is 11.8 Å². The van der Waals surface area contributed by atoms with E-state index >= 15 is 0 Å². The van der Waals surface area contributed by atoms with Crippen molar-refractivity contribution in [1.82, 2.24) is 5.32 Å². The summed E-state index contributed by atoms with van der Waals surface area (Å²) in [5.74, 6) is -0.621. The van der Waals surface area contributed by atoms with Crippen LogP contribution >= 0.6 is 24.0 Å². The van der Waals surface area contributed by atoms with Gasteiger partial charge in [0, 0.05) is 23.6 Å². The van der Waals surface area contributed by atoms with Crippen LogP contribution in [0, 0.1) is 10.1 Å². The van der Waals surface area contributed by atoms with Gasteiger partial charge in [-0.05, 0) is 30.6 Å². The third kappa shape index (κ3) is 5.02. The second kappa shape index (κ2) is 7.65. The van der Waals surface area contributed by atoms with E-state index in [1.807, 2.05) is 0 Å². The number of anilines is 1. The summed E-state index contributed by atoms with van der Waals surface area (Å²) in [5.41, 5.74) is 0.515. The smallest absolute Gasteiger partial charge is 0.327 e. The molecular weight excluding hydrogens is 302 g/mol. The Morgan fingerprint density at radius 3 is 2.55 bits per heavy atom. The highest BCUT2D eigenvalue weighted by molar-refractivity contribution is 7.98. The van der Waals surface area contributed by atoms with Crippen molar-refractivity contribution in [3.8, 4) is 0 Å². The predicted molar refractivity (Wildman–Crippen MR) is 82.3 cm³/mol. The topological polar surface area (TPSA) is 105 Å². The van der Waals surface area contributed by atoms with E-state index in [0.29, 0.717) is 11.4 Å². The normalized spacial score (nSPS) is 11.4. The zero-order valence-electron chi connectivity index (χ0n) is 10.5. The van der Waals surface area contributed by atoms with E-state index in [9.17, 15) is 14.9 Å². The molecule has 9 heteroatoms. The molecule has 0 bridgehead atoms. The number of carboxylic acids is 1. The number of thioether (sulfide) groups is 1. The number of hydrogen-bond donors (Lipinski definition) is 3. The minimum atomic E-state index is -0.993.